The van der Waals surface area contributed by atoms with E-state index >= 15 is 0 Å². The molecular weight excluding hydrogens is 222 g/mol. The van der Waals surface area contributed by atoms with Gasteiger partial charge >= 0.3 is 0 Å². The van der Waals surface area contributed by atoms with Gasteiger partial charge in [0.1, 0.15) is 5.82 Å². The summed E-state index contributed by atoms with van der Waals surface area (Å²) in [5.41, 5.74) is 3.44. The standard InChI is InChI=1S/C15H17N3/c1-3-11(2)12-4-6-13(7-5-12)14-10-17-15(18-14)8-9-16/h4-7,10-11H,3,8H2,1-2H3,(H,17,18). The maximum atomic E-state index is 8.61. The van der Waals surface area contributed by atoms with Gasteiger partial charge in [-0.3, -0.25) is 0 Å². The molecule has 0 radical (unpaired) electrons. The maximum absolute atomic E-state index is 8.61. The molecule has 1 aromatic heterocycles. The van der Waals surface area contributed by atoms with Crippen LogP contribution < -0.4 is 0 Å². The smallest absolute Gasteiger partial charge is 0.120 e. The number of nitriles is 1. The quantitative estimate of drug-likeness (QED) is 0.885. The van der Waals surface area contributed by atoms with Crippen LogP contribution in [0.4, 0.5) is 0 Å². The second kappa shape index (κ2) is 5.50. The molecule has 0 fully saturated rings. The lowest BCUT2D eigenvalue weighted by Crippen LogP contribution is -1.90. The fourth-order valence-electron chi connectivity index (χ4n) is 1.90. The summed E-state index contributed by atoms with van der Waals surface area (Å²) in [5.74, 6) is 1.31. The number of nitrogens with zero attached hydrogens (tertiary/aromatic N) is 2. The number of rotatable bonds is 4. The second-order valence-electron chi connectivity index (χ2n) is 4.51. The summed E-state index contributed by atoms with van der Waals surface area (Å²) >= 11 is 0. The topological polar surface area (TPSA) is 52.5 Å². The molecule has 1 heterocycles. The Kier molecular flexibility index (Phi) is 3.78. The maximum Gasteiger partial charge on any atom is 0.120 e. The molecule has 1 unspecified atom stereocenters. The summed E-state index contributed by atoms with van der Waals surface area (Å²) in [6, 6.07) is 10.6. The number of benzene rings is 1. The van der Waals surface area contributed by atoms with E-state index in [-0.39, 0.29) is 0 Å². The molecule has 3 heteroatoms. The van der Waals surface area contributed by atoms with Crippen LogP contribution >= 0.6 is 0 Å². The molecule has 0 bridgehead atoms. The zero-order chi connectivity index (χ0) is 13.0. The Morgan fingerprint density at radius 2 is 2.06 bits per heavy atom. The van der Waals surface area contributed by atoms with E-state index in [1.807, 2.05) is 0 Å². The average Bonchev–Trinajstić information content (AvgIpc) is 2.87. The molecule has 0 amide bonds. The lowest BCUT2D eigenvalue weighted by molar-refractivity contribution is 0.734. The first-order valence-corrected chi connectivity index (χ1v) is 6.25. The molecule has 0 aliphatic heterocycles. The van der Waals surface area contributed by atoms with Crippen molar-refractivity contribution in [1.29, 1.82) is 5.26 Å². The zero-order valence-corrected chi connectivity index (χ0v) is 10.8. The Bertz CT molecular complexity index is 546. The molecule has 0 spiro atoms. The van der Waals surface area contributed by atoms with Crippen molar-refractivity contribution in [3.8, 4) is 17.3 Å². The fourth-order valence-corrected chi connectivity index (χ4v) is 1.90. The van der Waals surface area contributed by atoms with Crippen LogP contribution in [0.3, 0.4) is 0 Å². The third-order valence-electron chi connectivity index (χ3n) is 3.28. The first-order chi connectivity index (χ1) is 8.74. The number of hydrogen-bond acceptors (Lipinski definition) is 2. The van der Waals surface area contributed by atoms with Gasteiger partial charge in [-0.15, -0.1) is 0 Å². The van der Waals surface area contributed by atoms with Gasteiger partial charge in [0.25, 0.3) is 0 Å². The molecule has 0 aliphatic rings. The van der Waals surface area contributed by atoms with Crippen LogP contribution in [0.25, 0.3) is 11.3 Å². The van der Waals surface area contributed by atoms with Crippen LogP contribution in [0.1, 0.15) is 37.6 Å². The minimum atomic E-state index is 0.324. The highest BCUT2D eigenvalue weighted by molar-refractivity contribution is 5.59. The number of imidazole rings is 1. The van der Waals surface area contributed by atoms with Gasteiger partial charge in [-0.05, 0) is 23.5 Å². The van der Waals surface area contributed by atoms with Crippen molar-refractivity contribution in [3.05, 3.63) is 41.9 Å². The summed E-state index contributed by atoms with van der Waals surface area (Å²) in [5, 5.41) is 8.61. The minimum absolute atomic E-state index is 0.324. The van der Waals surface area contributed by atoms with Gasteiger partial charge in [0.2, 0.25) is 0 Å². The Morgan fingerprint density at radius 3 is 2.67 bits per heavy atom. The normalized spacial score (nSPS) is 12.1. The largest absolute Gasteiger partial charge is 0.341 e. The molecule has 18 heavy (non-hydrogen) atoms. The van der Waals surface area contributed by atoms with Gasteiger partial charge in [0, 0.05) is 0 Å². The van der Waals surface area contributed by atoms with E-state index in [4.69, 9.17) is 5.26 Å². The predicted molar refractivity (Wildman–Crippen MR) is 72.0 cm³/mol. The van der Waals surface area contributed by atoms with Crippen LogP contribution in [-0.4, -0.2) is 9.97 Å². The minimum Gasteiger partial charge on any atom is -0.341 e. The number of H-pyrrole nitrogens is 1. The monoisotopic (exact) mass is 239 g/mol. The first-order valence-electron chi connectivity index (χ1n) is 6.25. The fraction of sp³-hybridized carbons (Fsp3) is 0.333. The molecule has 0 saturated carbocycles. The van der Waals surface area contributed by atoms with Gasteiger partial charge in [-0.25, -0.2) is 4.98 Å². The van der Waals surface area contributed by atoms with E-state index in [0.29, 0.717) is 12.3 Å². The molecule has 0 saturated heterocycles. The summed E-state index contributed by atoms with van der Waals surface area (Å²) < 4.78 is 0. The van der Waals surface area contributed by atoms with Crippen molar-refractivity contribution >= 4 is 0 Å². The third kappa shape index (κ3) is 2.60. The molecule has 1 aromatic carbocycles. The van der Waals surface area contributed by atoms with Crippen LogP contribution in [0.2, 0.25) is 0 Å². The average molecular weight is 239 g/mol. The van der Waals surface area contributed by atoms with E-state index in [9.17, 15) is 0 Å². The Balaban J connectivity index is 2.20. The number of hydrogen-bond donors (Lipinski definition) is 1. The third-order valence-corrected chi connectivity index (χ3v) is 3.28. The lowest BCUT2D eigenvalue weighted by atomic mass is 9.97. The molecule has 2 aromatic rings. The van der Waals surface area contributed by atoms with Gasteiger partial charge in [0.15, 0.2) is 0 Å². The van der Waals surface area contributed by atoms with E-state index in [2.05, 4.69) is 54.2 Å². The Labute approximate surface area is 107 Å². The van der Waals surface area contributed by atoms with Crippen LogP contribution in [-0.2, 0) is 6.42 Å². The van der Waals surface area contributed by atoms with Crippen molar-refractivity contribution in [2.24, 2.45) is 0 Å². The predicted octanol–water partition coefficient (Wildman–Crippen LogP) is 3.66. The van der Waals surface area contributed by atoms with E-state index in [1.165, 1.54) is 5.56 Å². The molecular formula is C15H17N3. The van der Waals surface area contributed by atoms with Crippen LogP contribution in [0.15, 0.2) is 30.5 Å². The van der Waals surface area contributed by atoms with Crippen LogP contribution in [0, 0.1) is 11.3 Å². The van der Waals surface area contributed by atoms with Crippen molar-refractivity contribution in [2.45, 2.75) is 32.6 Å². The number of aromatic nitrogens is 2. The van der Waals surface area contributed by atoms with E-state index in [0.717, 1.165) is 23.5 Å². The lowest BCUT2D eigenvalue weighted by Gasteiger charge is -2.09. The van der Waals surface area contributed by atoms with E-state index < -0.39 is 0 Å². The van der Waals surface area contributed by atoms with Gasteiger partial charge < -0.3 is 4.98 Å². The number of aromatic amines is 1. The highest BCUT2D eigenvalue weighted by atomic mass is 14.9. The number of nitrogens with one attached hydrogen (secondary N) is 1. The summed E-state index contributed by atoms with van der Waals surface area (Å²) in [4.78, 5) is 7.34. The van der Waals surface area contributed by atoms with E-state index in [1.54, 1.807) is 6.20 Å². The van der Waals surface area contributed by atoms with Gasteiger partial charge in [-0.2, -0.15) is 5.26 Å². The molecule has 0 aliphatic carbocycles. The highest BCUT2D eigenvalue weighted by Crippen LogP contribution is 2.23. The highest BCUT2D eigenvalue weighted by Gasteiger charge is 2.05. The molecule has 3 nitrogen and oxygen atoms in total. The van der Waals surface area contributed by atoms with Crippen molar-refractivity contribution in [2.75, 3.05) is 0 Å². The summed E-state index contributed by atoms with van der Waals surface area (Å²) in [7, 11) is 0. The molecule has 2 rings (SSSR count). The SMILES string of the molecule is CCC(C)c1ccc(-c2cnc(CC#N)[nH]2)cc1. The van der Waals surface area contributed by atoms with Gasteiger partial charge in [0.05, 0.1) is 24.4 Å². The molecule has 1 N–H and O–H groups in total. The summed E-state index contributed by atoms with van der Waals surface area (Å²) in [6.45, 7) is 4.43. The van der Waals surface area contributed by atoms with Crippen molar-refractivity contribution in [1.82, 2.24) is 9.97 Å². The Morgan fingerprint density at radius 1 is 1.33 bits per heavy atom. The van der Waals surface area contributed by atoms with Crippen molar-refractivity contribution < 1.29 is 0 Å². The first kappa shape index (κ1) is 12.4. The van der Waals surface area contributed by atoms with Crippen LogP contribution in [0.5, 0.6) is 0 Å². The Hall–Kier alpha value is -2.08. The van der Waals surface area contributed by atoms with Gasteiger partial charge in [-0.1, -0.05) is 38.1 Å². The summed E-state index contributed by atoms with van der Waals surface area (Å²) in [6.07, 6.45) is 3.26. The molecule has 1 atom stereocenters. The second-order valence-corrected chi connectivity index (χ2v) is 4.51. The zero-order valence-electron chi connectivity index (χ0n) is 10.8. The van der Waals surface area contributed by atoms with Crippen molar-refractivity contribution in [3.63, 3.8) is 0 Å². The molecule has 92 valence electrons.